The van der Waals surface area contributed by atoms with Crippen molar-refractivity contribution in [1.82, 2.24) is 19.9 Å². The zero-order valence-corrected chi connectivity index (χ0v) is 12.7. The molecule has 0 amide bonds. The molecule has 6 nitrogen and oxygen atoms in total. The van der Waals surface area contributed by atoms with E-state index in [9.17, 15) is 9.18 Å². The van der Waals surface area contributed by atoms with Gasteiger partial charge in [0.2, 0.25) is 0 Å². The highest BCUT2D eigenvalue weighted by molar-refractivity contribution is 5.05. The van der Waals surface area contributed by atoms with Crippen LogP contribution in [0.3, 0.4) is 0 Å². The molecule has 0 aliphatic carbocycles. The topological polar surface area (TPSA) is 71.1 Å². The van der Waals surface area contributed by atoms with E-state index in [-0.39, 0.29) is 17.5 Å². The molecule has 1 fully saturated rings. The summed E-state index contributed by atoms with van der Waals surface area (Å²) in [4.78, 5) is 24.3. The van der Waals surface area contributed by atoms with Gasteiger partial charge in [-0.1, -0.05) is 0 Å². The van der Waals surface area contributed by atoms with Crippen molar-refractivity contribution >= 4 is 0 Å². The first-order valence-electron chi connectivity index (χ1n) is 7.67. The average molecular weight is 318 g/mol. The summed E-state index contributed by atoms with van der Waals surface area (Å²) in [6.07, 6.45) is 4.28. The average Bonchev–Trinajstić information content (AvgIpc) is 2.56. The van der Waals surface area contributed by atoms with Crippen LogP contribution in [0.5, 0.6) is 0 Å². The van der Waals surface area contributed by atoms with Gasteiger partial charge in [0.05, 0.1) is 30.9 Å². The number of nitrogens with zero attached hydrogens (tertiary/aromatic N) is 3. The zero-order chi connectivity index (χ0) is 16.1. The van der Waals surface area contributed by atoms with Crippen LogP contribution >= 0.6 is 0 Å². The van der Waals surface area contributed by atoms with Gasteiger partial charge in [-0.15, -0.1) is 0 Å². The van der Waals surface area contributed by atoms with Gasteiger partial charge in [-0.3, -0.25) is 14.7 Å². The van der Waals surface area contributed by atoms with Crippen molar-refractivity contribution in [2.45, 2.75) is 25.5 Å². The number of hydrogen-bond acceptors (Lipinski definition) is 5. The molecule has 3 rings (SSSR count). The molecule has 0 unspecified atom stereocenters. The normalized spacial score (nSPS) is 18.9. The fourth-order valence-electron chi connectivity index (χ4n) is 2.68. The summed E-state index contributed by atoms with van der Waals surface area (Å²) in [5, 5.41) is 0. The second-order valence-corrected chi connectivity index (χ2v) is 5.64. The van der Waals surface area contributed by atoms with Crippen LogP contribution in [0.1, 0.15) is 17.8 Å². The van der Waals surface area contributed by atoms with E-state index in [4.69, 9.17) is 4.74 Å². The monoisotopic (exact) mass is 318 g/mol. The van der Waals surface area contributed by atoms with Gasteiger partial charge in [0.15, 0.2) is 0 Å². The molecule has 122 valence electrons. The summed E-state index contributed by atoms with van der Waals surface area (Å²) in [5.74, 6) is -0.320. The van der Waals surface area contributed by atoms with Crippen molar-refractivity contribution in [2.24, 2.45) is 0 Å². The first kappa shape index (κ1) is 15.8. The molecule has 1 saturated heterocycles. The molecular weight excluding hydrogens is 299 g/mol. The lowest BCUT2D eigenvalue weighted by molar-refractivity contribution is -0.0350. The Morgan fingerprint density at radius 2 is 2.26 bits per heavy atom. The lowest BCUT2D eigenvalue weighted by atomic mass is 10.1. The SMILES string of the molecule is O=c1cc(CC[C@@H]2CN(Cc3ccc(F)cn3)CCO2)nc[nH]1. The zero-order valence-electron chi connectivity index (χ0n) is 12.7. The second-order valence-electron chi connectivity index (χ2n) is 5.64. The molecule has 1 atom stereocenters. The highest BCUT2D eigenvalue weighted by atomic mass is 19.1. The van der Waals surface area contributed by atoms with Gasteiger partial charge in [-0.2, -0.15) is 0 Å². The fraction of sp³-hybridized carbons (Fsp3) is 0.438. The van der Waals surface area contributed by atoms with Crippen molar-refractivity contribution in [3.05, 3.63) is 58.3 Å². The molecule has 1 aliphatic rings. The summed E-state index contributed by atoms with van der Waals surface area (Å²) in [6, 6.07) is 4.65. The summed E-state index contributed by atoms with van der Waals surface area (Å²) in [5.41, 5.74) is 1.49. The number of aryl methyl sites for hydroxylation is 1. The molecule has 2 aromatic rings. The second kappa shape index (κ2) is 7.43. The Morgan fingerprint density at radius 3 is 3.04 bits per heavy atom. The van der Waals surface area contributed by atoms with E-state index in [0.717, 1.165) is 30.9 Å². The Morgan fingerprint density at radius 1 is 1.35 bits per heavy atom. The molecule has 3 heterocycles. The van der Waals surface area contributed by atoms with E-state index in [0.29, 0.717) is 19.6 Å². The van der Waals surface area contributed by atoms with Crippen molar-refractivity contribution in [2.75, 3.05) is 19.7 Å². The predicted molar refractivity (Wildman–Crippen MR) is 82.4 cm³/mol. The van der Waals surface area contributed by atoms with Crippen molar-refractivity contribution in [3.8, 4) is 0 Å². The highest BCUT2D eigenvalue weighted by Gasteiger charge is 2.20. The van der Waals surface area contributed by atoms with Gasteiger partial charge in [-0.05, 0) is 25.0 Å². The Kier molecular flexibility index (Phi) is 5.09. The quantitative estimate of drug-likeness (QED) is 0.895. The number of aromatic amines is 1. The van der Waals surface area contributed by atoms with Crippen LogP contribution in [0.4, 0.5) is 4.39 Å². The molecule has 0 spiro atoms. The number of pyridine rings is 1. The molecule has 1 N–H and O–H groups in total. The van der Waals surface area contributed by atoms with Crippen LogP contribution in [-0.2, 0) is 17.7 Å². The van der Waals surface area contributed by atoms with Crippen molar-refractivity contribution in [3.63, 3.8) is 0 Å². The van der Waals surface area contributed by atoms with Crippen LogP contribution in [0.2, 0.25) is 0 Å². The van der Waals surface area contributed by atoms with E-state index in [1.54, 1.807) is 6.07 Å². The van der Waals surface area contributed by atoms with E-state index in [2.05, 4.69) is 19.9 Å². The van der Waals surface area contributed by atoms with Gasteiger partial charge in [0.1, 0.15) is 5.82 Å². The van der Waals surface area contributed by atoms with E-state index in [1.807, 2.05) is 0 Å². The number of aromatic nitrogens is 3. The lowest BCUT2D eigenvalue weighted by Gasteiger charge is -2.32. The van der Waals surface area contributed by atoms with Crippen LogP contribution in [0.25, 0.3) is 0 Å². The number of hydrogen-bond donors (Lipinski definition) is 1. The largest absolute Gasteiger partial charge is 0.376 e. The maximum atomic E-state index is 12.9. The first-order chi connectivity index (χ1) is 11.2. The van der Waals surface area contributed by atoms with E-state index >= 15 is 0 Å². The smallest absolute Gasteiger partial charge is 0.250 e. The number of ether oxygens (including phenoxy) is 1. The van der Waals surface area contributed by atoms with Gasteiger partial charge in [-0.25, -0.2) is 9.37 Å². The van der Waals surface area contributed by atoms with E-state index < -0.39 is 0 Å². The first-order valence-corrected chi connectivity index (χ1v) is 7.67. The molecular formula is C16H19FN4O2. The van der Waals surface area contributed by atoms with Gasteiger partial charge in [0, 0.05) is 31.4 Å². The van der Waals surface area contributed by atoms with Gasteiger partial charge in [0.25, 0.3) is 5.56 Å². The van der Waals surface area contributed by atoms with Crippen LogP contribution in [0, 0.1) is 5.82 Å². The Bertz CT molecular complexity index is 689. The lowest BCUT2D eigenvalue weighted by Crippen LogP contribution is -2.42. The number of H-pyrrole nitrogens is 1. The number of rotatable bonds is 5. The number of morpholine rings is 1. The standard InChI is InChI=1S/C16H19FN4O2/c17-12-1-2-14(18-8-12)9-21-5-6-23-15(10-21)4-3-13-7-16(22)20-11-19-13/h1-2,7-8,11,15H,3-6,9-10H2,(H,19,20,22)/t15-/m1/s1. The van der Waals surface area contributed by atoms with Gasteiger partial charge >= 0.3 is 0 Å². The Balaban J connectivity index is 1.51. The molecule has 7 heteroatoms. The maximum Gasteiger partial charge on any atom is 0.250 e. The Hall–Kier alpha value is -2.12. The Labute approximate surface area is 133 Å². The fourth-order valence-corrected chi connectivity index (χ4v) is 2.68. The third-order valence-corrected chi connectivity index (χ3v) is 3.85. The highest BCUT2D eigenvalue weighted by Crippen LogP contribution is 2.13. The molecule has 23 heavy (non-hydrogen) atoms. The van der Waals surface area contributed by atoms with Gasteiger partial charge < -0.3 is 9.72 Å². The van der Waals surface area contributed by atoms with Crippen LogP contribution < -0.4 is 5.56 Å². The van der Waals surface area contributed by atoms with Crippen molar-refractivity contribution in [1.29, 1.82) is 0 Å². The van der Waals surface area contributed by atoms with E-state index in [1.165, 1.54) is 24.7 Å². The third-order valence-electron chi connectivity index (χ3n) is 3.85. The number of halogens is 1. The number of nitrogens with one attached hydrogen (secondary N) is 1. The molecule has 1 aliphatic heterocycles. The molecule has 2 aromatic heterocycles. The van der Waals surface area contributed by atoms with Crippen molar-refractivity contribution < 1.29 is 9.13 Å². The molecule has 0 radical (unpaired) electrons. The summed E-state index contributed by atoms with van der Waals surface area (Å²) < 4.78 is 18.7. The minimum absolute atomic E-state index is 0.102. The summed E-state index contributed by atoms with van der Waals surface area (Å²) in [7, 11) is 0. The third kappa shape index (κ3) is 4.67. The van der Waals surface area contributed by atoms with Crippen LogP contribution in [0.15, 0.2) is 35.5 Å². The summed E-state index contributed by atoms with van der Waals surface area (Å²) in [6.45, 7) is 2.97. The maximum absolute atomic E-state index is 12.9. The predicted octanol–water partition coefficient (Wildman–Crippen LogP) is 1.14. The summed E-state index contributed by atoms with van der Waals surface area (Å²) >= 11 is 0. The van der Waals surface area contributed by atoms with Crippen LogP contribution in [-0.4, -0.2) is 45.7 Å². The molecule has 0 saturated carbocycles. The minimum atomic E-state index is -0.320. The molecule has 0 bridgehead atoms. The molecule has 0 aromatic carbocycles. The minimum Gasteiger partial charge on any atom is -0.376 e.